The monoisotopic (exact) mass is 282 g/mol. The highest BCUT2D eigenvalue weighted by molar-refractivity contribution is 5.86. The minimum absolute atomic E-state index is 0.0165. The first kappa shape index (κ1) is 13.8. The Labute approximate surface area is 119 Å². The number of likely N-dealkylation sites (tertiary alicyclic amines) is 2. The summed E-state index contributed by atoms with van der Waals surface area (Å²) in [4.78, 5) is 28.3. The molecule has 112 valence electrons. The molecule has 3 heterocycles. The molecule has 0 aromatic heterocycles. The van der Waals surface area contributed by atoms with Crippen LogP contribution in [0.1, 0.15) is 12.8 Å². The fraction of sp³-hybridized carbons (Fsp3) is 0.857. The molecule has 20 heavy (non-hydrogen) atoms. The van der Waals surface area contributed by atoms with Gasteiger partial charge in [0.1, 0.15) is 6.10 Å². The molecule has 3 saturated heterocycles. The van der Waals surface area contributed by atoms with Crippen molar-refractivity contribution in [2.75, 3.05) is 46.5 Å². The van der Waals surface area contributed by atoms with Crippen LogP contribution in [0.15, 0.2) is 0 Å². The van der Waals surface area contributed by atoms with Crippen LogP contribution >= 0.6 is 0 Å². The number of ether oxygens (including phenoxy) is 2. The van der Waals surface area contributed by atoms with E-state index in [1.54, 1.807) is 7.11 Å². The molecule has 6 heteroatoms. The normalized spacial score (nSPS) is 33.0. The van der Waals surface area contributed by atoms with Gasteiger partial charge in [-0.25, -0.2) is 0 Å². The highest BCUT2D eigenvalue weighted by Gasteiger charge is 2.48. The van der Waals surface area contributed by atoms with Crippen LogP contribution in [0.5, 0.6) is 0 Å². The third-order valence-electron chi connectivity index (χ3n) is 4.61. The zero-order valence-electron chi connectivity index (χ0n) is 11.9. The van der Waals surface area contributed by atoms with Gasteiger partial charge in [0.15, 0.2) is 0 Å². The number of amides is 2. The lowest BCUT2D eigenvalue weighted by Crippen LogP contribution is -2.41. The fourth-order valence-electron chi connectivity index (χ4n) is 3.50. The third kappa shape index (κ3) is 2.42. The van der Waals surface area contributed by atoms with Crippen LogP contribution in [-0.4, -0.2) is 74.2 Å². The van der Waals surface area contributed by atoms with Crippen molar-refractivity contribution in [2.24, 2.45) is 11.8 Å². The molecule has 3 fully saturated rings. The summed E-state index contributed by atoms with van der Waals surface area (Å²) in [6, 6.07) is 0. The number of rotatable bonds is 4. The Kier molecular flexibility index (Phi) is 3.94. The zero-order chi connectivity index (χ0) is 14.1. The molecule has 0 aliphatic carbocycles. The second-order valence-corrected chi connectivity index (χ2v) is 5.89. The Hall–Kier alpha value is -1.14. The summed E-state index contributed by atoms with van der Waals surface area (Å²) >= 11 is 0. The van der Waals surface area contributed by atoms with E-state index < -0.39 is 0 Å². The van der Waals surface area contributed by atoms with Crippen molar-refractivity contribution in [1.29, 1.82) is 0 Å². The summed E-state index contributed by atoms with van der Waals surface area (Å²) in [7, 11) is 1.64. The summed E-state index contributed by atoms with van der Waals surface area (Å²) < 4.78 is 10.5. The number of nitrogens with zero attached hydrogens (tertiary/aromatic N) is 2. The summed E-state index contributed by atoms with van der Waals surface area (Å²) in [5, 5.41) is 0. The molecule has 0 N–H and O–H groups in total. The maximum atomic E-state index is 12.3. The van der Waals surface area contributed by atoms with Gasteiger partial charge in [0.25, 0.3) is 5.91 Å². The van der Waals surface area contributed by atoms with E-state index in [0.29, 0.717) is 32.8 Å². The zero-order valence-corrected chi connectivity index (χ0v) is 11.9. The number of fused-ring (bicyclic) bond motifs is 1. The molecule has 0 unspecified atom stereocenters. The fourth-order valence-corrected chi connectivity index (χ4v) is 3.50. The Morgan fingerprint density at radius 3 is 2.90 bits per heavy atom. The van der Waals surface area contributed by atoms with Crippen molar-refractivity contribution >= 4 is 11.8 Å². The Morgan fingerprint density at radius 1 is 1.40 bits per heavy atom. The molecule has 3 aliphatic heterocycles. The number of carbonyl (C=O) groups excluding carboxylic acids is 2. The van der Waals surface area contributed by atoms with Crippen molar-refractivity contribution in [2.45, 2.75) is 18.9 Å². The van der Waals surface area contributed by atoms with Crippen LogP contribution < -0.4 is 0 Å². The maximum absolute atomic E-state index is 12.3. The van der Waals surface area contributed by atoms with E-state index in [2.05, 4.69) is 0 Å². The molecular formula is C14H22N2O4. The third-order valence-corrected chi connectivity index (χ3v) is 4.61. The van der Waals surface area contributed by atoms with Crippen molar-refractivity contribution in [3.63, 3.8) is 0 Å². The Morgan fingerprint density at radius 2 is 2.25 bits per heavy atom. The first-order valence-corrected chi connectivity index (χ1v) is 7.39. The molecule has 3 rings (SSSR count). The lowest BCUT2D eigenvalue weighted by Gasteiger charge is -2.23. The number of hydrogen-bond acceptors (Lipinski definition) is 4. The second kappa shape index (κ2) is 5.69. The predicted molar refractivity (Wildman–Crippen MR) is 71.0 cm³/mol. The minimum atomic E-state index is -0.270. The number of hydrogen-bond donors (Lipinski definition) is 0. The van der Waals surface area contributed by atoms with Gasteiger partial charge in [-0.2, -0.15) is 0 Å². The Balaban J connectivity index is 1.56. The van der Waals surface area contributed by atoms with E-state index >= 15 is 0 Å². The standard InChI is InChI=1S/C14H22N2O4/c1-19-6-4-15-7-10-8-16(9-11(10)13(15)17)14(18)12-3-2-5-20-12/h10-12H,2-9H2,1H3/t10-,11+,12-/m1/s1. The van der Waals surface area contributed by atoms with E-state index in [0.717, 1.165) is 19.4 Å². The van der Waals surface area contributed by atoms with E-state index in [-0.39, 0.29) is 29.8 Å². The highest BCUT2D eigenvalue weighted by atomic mass is 16.5. The van der Waals surface area contributed by atoms with Gasteiger partial charge in [0, 0.05) is 45.8 Å². The van der Waals surface area contributed by atoms with Gasteiger partial charge in [0.05, 0.1) is 12.5 Å². The summed E-state index contributed by atoms with van der Waals surface area (Å²) in [6.07, 6.45) is 1.51. The van der Waals surface area contributed by atoms with Crippen LogP contribution in [0.3, 0.4) is 0 Å². The molecule has 0 radical (unpaired) electrons. The van der Waals surface area contributed by atoms with Gasteiger partial charge in [-0.3, -0.25) is 9.59 Å². The molecule has 0 saturated carbocycles. The van der Waals surface area contributed by atoms with Gasteiger partial charge in [-0.1, -0.05) is 0 Å². The van der Waals surface area contributed by atoms with Crippen LogP contribution in [0, 0.1) is 11.8 Å². The smallest absolute Gasteiger partial charge is 0.251 e. The lowest BCUT2D eigenvalue weighted by atomic mass is 10.0. The average molecular weight is 282 g/mol. The SMILES string of the molecule is COCCN1C[C@@H]2CN(C(=O)[C@H]3CCCO3)C[C@@H]2C1=O. The molecule has 2 amide bonds. The van der Waals surface area contributed by atoms with E-state index in [4.69, 9.17) is 9.47 Å². The second-order valence-electron chi connectivity index (χ2n) is 5.89. The highest BCUT2D eigenvalue weighted by Crippen LogP contribution is 2.33. The summed E-state index contributed by atoms with van der Waals surface area (Å²) in [6.45, 7) is 3.92. The number of methoxy groups -OCH3 is 1. The van der Waals surface area contributed by atoms with Crippen molar-refractivity contribution in [3.8, 4) is 0 Å². The maximum Gasteiger partial charge on any atom is 0.251 e. The Bertz CT molecular complexity index is 395. The van der Waals surface area contributed by atoms with Crippen molar-refractivity contribution in [1.82, 2.24) is 9.80 Å². The van der Waals surface area contributed by atoms with Crippen LogP contribution in [0.2, 0.25) is 0 Å². The molecule has 0 spiro atoms. The molecule has 0 aromatic carbocycles. The van der Waals surface area contributed by atoms with Gasteiger partial charge >= 0.3 is 0 Å². The number of carbonyl (C=O) groups is 2. The summed E-state index contributed by atoms with van der Waals surface area (Å²) in [5.74, 6) is 0.518. The van der Waals surface area contributed by atoms with Crippen molar-refractivity contribution in [3.05, 3.63) is 0 Å². The molecule has 0 aromatic rings. The first-order chi connectivity index (χ1) is 9.70. The van der Waals surface area contributed by atoms with Crippen molar-refractivity contribution < 1.29 is 19.1 Å². The molecule has 6 nitrogen and oxygen atoms in total. The first-order valence-electron chi connectivity index (χ1n) is 7.39. The van der Waals surface area contributed by atoms with E-state index in [1.807, 2.05) is 9.80 Å². The van der Waals surface area contributed by atoms with Crippen LogP contribution in [0.4, 0.5) is 0 Å². The lowest BCUT2D eigenvalue weighted by molar-refractivity contribution is -0.140. The average Bonchev–Trinajstić information content (AvgIpc) is 3.14. The molecule has 0 bridgehead atoms. The van der Waals surface area contributed by atoms with Gasteiger partial charge in [-0.05, 0) is 12.8 Å². The molecular weight excluding hydrogens is 260 g/mol. The van der Waals surface area contributed by atoms with Gasteiger partial charge in [-0.15, -0.1) is 0 Å². The molecule has 3 atom stereocenters. The van der Waals surface area contributed by atoms with Crippen LogP contribution in [0.25, 0.3) is 0 Å². The summed E-state index contributed by atoms with van der Waals surface area (Å²) in [5.41, 5.74) is 0. The quantitative estimate of drug-likeness (QED) is 0.712. The van der Waals surface area contributed by atoms with E-state index in [9.17, 15) is 9.59 Å². The minimum Gasteiger partial charge on any atom is -0.383 e. The topological polar surface area (TPSA) is 59.1 Å². The van der Waals surface area contributed by atoms with E-state index in [1.165, 1.54) is 0 Å². The van der Waals surface area contributed by atoms with Crippen LogP contribution in [-0.2, 0) is 19.1 Å². The largest absolute Gasteiger partial charge is 0.383 e. The van der Waals surface area contributed by atoms with Gasteiger partial charge in [0.2, 0.25) is 5.91 Å². The predicted octanol–water partition coefficient (Wildman–Crippen LogP) is -0.271. The van der Waals surface area contributed by atoms with Gasteiger partial charge < -0.3 is 19.3 Å². The molecule has 3 aliphatic rings.